The fourth-order valence-corrected chi connectivity index (χ4v) is 2.56. The van der Waals surface area contributed by atoms with Crippen molar-refractivity contribution in [3.05, 3.63) is 71.9 Å². The van der Waals surface area contributed by atoms with Crippen LogP contribution in [0.3, 0.4) is 0 Å². The van der Waals surface area contributed by atoms with E-state index in [1.54, 1.807) is 6.20 Å². The molecule has 126 valence electrons. The smallest absolute Gasteiger partial charge is 0.303 e. The summed E-state index contributed by atoms with van der Waals surface area (Å²) in [6, 6.07) is 16.7. The predicted octanol–water partition coefficient (Wildman–Crippen LogP) is 3.17. The average molecular weight is 335 g/mol. The molecule has 0 fully saturated rings. The van der Waals surface area contributed by atoms with E-state index in [1.165, 1.54) is 0 Å². The van der Waals surface area contributed by atoms with E-state index < -0.39 is 5.97 Å². The molecule has 0 saturated heterocycles. The van der Waals surface area contributed by atoms with Gasteiger partial charge in [0, 0.05) is 23.5 Å². The van der Waals surface area contributed by atoms with Crippen LogP contribution >= 0.6 is 0 Å². The van der Waals surface area contributed by atoms with Crippen LogP contribution in [0.4, 0.5) is 0 Å². The lowest BCUT2D eigenvalue weighted by atomic mass is 10.1. The number of hydrazone groups is 1. The van der Waals surface area contributed by atoms with E-state index in [1.807, 2.05) is 54.6 Å². The number of rotatable bonds is 6. The molecule has 0 aliphatic carbocycles. The molecular formula is C19H17N3O3. The molecule has 0 saturated carbocycles. The Morgan fingerprint density at radius 1 is 1.00 bits per heavy atom. The summed E-state index contributed by atoms with van der Waals surface area (Å²) in [5, 5.41) is 13.9. The Morgan fingerprint density at radius 3 is 2.48 bits per heavy atom. The van der Waals surface area contributed by atoms with Crippen molar-refractivity contribution in [3.63, 3.8) is 0 Å². The molecular weight excluding hydrogens is 318 g/mol. The molecule has 2 aromatic carbocycles. The van der Waals surface area contributed by atoms with Gasteiger partial charge >= 0.3 is 5.97 Å². The van der Waals surface area contributed by atoms with Crippen LogP contribution in [-0.2, 0) is 4.79 Å². The number of benzene rings is 2. The molecule has 0 aliphatic rings. The van der Waals surface area contributed by atoms with Crippen LogP contribution in [0.15, 0.2) is 65.9 Å². The van der Waals surface area contributed by atoms with Crippen LogP contribution in [0.25, 0.3) is 10.9 Å². The molecule has 3 N–H and O–H groups in total. The third kappa shape index (κ3) is 3.92. The Labute approximate surface area is 144 Å². The molecule has 0 aliphatic heterocycles. The van der Waals surface area contributed by atoms with E-state index in [-0.39, 0.29) is 18.7 Å². The highest BCUT2D eigenvalue weighted by Gasteiger charge is 2.12. The van der Waals surface area contributed by atoms with Gasteiger partial charge in [-0.1, -0.05) is 48.5 Å². The number of carbonyl (C=O) groups is 2. The van der Waals surface area contributed by atoms with Gasteiger partial charge in [0.05, 0.1) is 17.7 Å². The number of para-hydroxylation sites is 1. The third-order valence-electron chi connectivity index (χ3n) is 3.81. The van der Waals surface area contributed by atoms with E-state index in [9.17, 15) is 9.59 Å². The van der Waals surface area contributed by atoms with Crippen LogP contribution in [-0.4, -0.2) is 27.7 Å². The van der Waals surface area contributed by atoms with Crippen molar-refractivity contribution >= 4 is 28.5 Å². The number of nitrogens with one attached hydrogen (secondary N) is 2. The summed E-state index contributed by atoms with van der Waals surface area (Å²) in [6.45, 7) is 0. The molecule has 0 unspecified atom stereocenters. The first-order valence-corrected chi connectivity index (χ1v) is 7.85. The summed E-state index contributed by atoms with van der Waals surface area (Å²) in [6.07, 6.45) is 1.80. The monoisotopic (exact) mass is 335 g/mol. The lowest BCUT2D eigenvalue weighted by Gasteiger charge is -2.06. The Kier molecular flexibility index (Phi) is 4.89. The molecule has 25 heavy (non-hydrogen) atoms. The number of amides is 1. The Balaban J connectivity index is 1.82. The minimum Gasteiger partial charge on any atom is -0.481 e. The van der Waals surface area contributed by atoms with Crippen molar-refractivity contribution in [2.45, 2.75) is 12.8 Å². The molecule has 0 spiro atoms. The number of hydrogen-bond acceptors (Lipinski definition) is 3. The molecule has 3 aromatic rings. The number of aromatic nitrogens is 1. The number of carboxylic acid groups (broad SMARTS) is 1. The van der Waals surface area contributed by atoms with Gasteiger partial charge in [0.1, 0.15) is 0 Å². The minimum atomic E-state index is -0.911. The van der Waals surface area contributed by atoms with Crippen molar-refractivity contribution in [2.75, 3.05) is 0 Å². The summed E-state index contributed by atoms with van der Waals surface area (Å²) < 4.78 is 0. The highest BCUT2D eigenvalue weighted by atomic mass is 16.4. The number of nitrogens with zero attached hydrogens (tertiary/aromatic N) is 1. The predicted molar refractivity (Wildman–Crippen MR) is 95.6 cm³/mol. The zero-order valence-electron chi connectivity index (χ0n) is 13.4. The fourth-order valence-electron chi connectivity index (χ4n) is 2.56. The normalized spacial score (nSPS) is 11.4. The van der Waals surface area contributed by atoms with E-state index in [2.05, 4.69) is 15.5 Å². The van der Waals surface area contributed by atoms with Gasteiger partial charge in [0.25, 0.3) is 5.91 Å². The number of H-pyrrole nitrogens is 1. The summed E-state index contributed by atoms with van der Waals surface area (Å²) in [4.78, 5) is 26.3. The minimum absolute atomic E-state index is 0.0588. The number of aromatic amines is 1. The largest absolute Gasteiger partial charge is 0.481 e. The maximum absolute atomic E-state index is 12.4. The number of carboxylic acids is 1. The van der Waals surface area contributed by atoms with Gasteiger partial charge < -0.3 is 10.1 Å². The first kappa shape index (κ1) is 16.4. The van der Waals surface area contributed by atoms with Crippen LogP contribution in [0.2, 0.25) is 0 Å². The molecule has 0 atom stereocenters. The van der Waals surface area contributed by atoms with Crippen LogP contribution in [0.1, 0.15) is 28.8 Å². The average Bonchev–Trinajstić information content (AvgIpc) is 3.06. The summed E-state index contributed by atoms with van der Waals surface area (Å²) in [5.74, 6) is -1.26. The molecule has 1 aromatic heterocycles. The van der Waals surface area contributed by atoms with Gasteiger partial charge in [0.15, 0.2) is 0 Å². The zero-order valence-corrected chi connectivity index (χ0v) is 13.4. The molecule has 3 rings (SSSR count). The fraction of sp³-hybridized carbons (Fsp3) is 0.105. The standard InChI is InChI=1S/C19H17N3O3/c23-18(24)11-10-16(13-6-2-1-3-7-13)21-22-19(25)15-12-20-17-9-5-4-8-14(15)17/h1-9,12,20H,10-11H2,(H,22,25)(H,23,24)/b21-16-. The summed E-state index contributed by atoms with van der Waals surface area (Å²) in [7, 11) is 0. The number of carbonyl (C=O) groups excluding carboxylic acids is 1. The zero-order chi connectivity index (χ0) is 17.6. The van der Waals surface area contributed by atoms with E-state index in [0.717, 1.165) is 16.5 Å². The number of aliphatic carboxylic acids is 1. The van der Waals surface area contributed by atoms with Crippen LogP contribution in [0, 0.1) is 0 Å². The molecule has 1 heterocycles. The Bertz CT molecular complexity index is 929. The van der Waals surface area contributed by atoms with Gasteiger partial charge in [0.2, 0.25) is 0 Å². The lowest BCUT2D eigenvalue weighted by Crippen LogP contribution is -2.20. The molecule has 0 radical (unpaired) electrons. The van der Waals surface area contributed by atoms with Crippen LogP contribution in [0.5, 0.6) is 0 Å². The maximum Gasteiger partial charge on any atom is 0.303 e. The van der Waals surface area contributed by atoms with Gasteiger partial charge in [-0.3, -0.25) is 9.59 Å². The van der Waals surface area contributed by atoms with Crippen molar-refractivity contribution in [1.29, 1.82) is 0 Å². The second-order valence-electron chi connectivity index (χ2n) is 5.51. The van der Waals surface area contributed by atoms with Gasteiger partial charge in [-0.05, 0) is 11.6 Å². The second kappa shape index (κ2) is 7.44. The quantitative estimate of drug-likeness (QED) is 0.477. The molecule has 6 heteroatoms. The van der Waals surface area contributed by atoms with E-state index >= 15 is 0 Å². The van der Waals surface area contributed by atoms with Crippen LogP contribution < -0.4 is 5.43 Å². The third-order valence-corrected chi connectivity index (χ3v) is 3.81. The van der Waals surface area contributed by atoms with E-state index in [0.29, 0.717) is 11.3 Å². The Hall–Kier alpha value is -3.41. The van der Waals surface area contributed by atoms with Crippen molar-refractivity contribution in [3.8, 4) is 0 Å². The SMILES string of the molecule is O=C(O)CC/C(=N/NC(=O)c1c[nH]c2ccccc12)c1ccccc1. The molecule has 6 nitrogen and oxygen atoms in total. The number of hydrogen-bond donors (Lipinski definition) is 3. The number of fused-ring (bicyclic) bond motifs is 1. The van der Waals surface area contributed by atoms with E-state index in [4.69, 9.17) is 5.11 Å². The highest BCUT2D eigenvalue weighted by molar-refractivity contribution is 6.08. The second-order valence-corrected chi connectivity index (χ2v) is 5.51. The lowest BCUT2D eigenvalue weighted by molar-refractivity contribution is -0.136. The van der Waals surface area contributed by atoms with Gasteiger partial charge in [-0.2, -0.15) is 5.10 Å². The molecule has 0 bridgehead atoms. The van der Waals surface area contributed by atoms with Crippen molar-refractivity contribution < 1.29 is 14.7 Å². The Morgan fingerprint density at radius 2 is 1.72 bits per heavy atom. The maximum atomic E-state index is 12.4. The van der Waals surface area contributed by atoms with Gasteiger partial charge in [-0.15, -0.1) is 0 Å². The molecule has 1 amide bonds. The van der Waals surface area contributed by atoms with Gasteiger partial charge in [-0.25, -0.2) is 5.43 Å². The van der Waals surface area contributed by atoms with Crippen molar-refractivity contribution in [2.24, 2.45) is 5.10 Å². The van der Waals surface area contributed by atoms with Crippen molar-refractivity contribution in [1.82, 2.24) is 10.4 Å². The first-order valence-electron chi connectivity index (χ1n) is 7.85. The first-order chi connectivity index (χ1) is 12.1. The topological polar surface area (TPSA) is 94.5 Å². The highest BCUT2D eigenvalue weighted by Crippen LogP contribution is 2.17. The summed E-state index contributed by atoms with van der Waals surface area (Å²) >= 11 is 0. The summed E-state index contributed by atoms with van der Waals surface area (Å²) in [5.41, 5.74) is 5.20.